The Balaban J connectivity index is 0.000000924. The zero-order chi connectivity index (χ0) is 17.0. The van der Waals surface area contributed by atoms with Crippen LogP contribution in [0.5, 0.6) is 0 Å². The monoisotopic (exact) mass is 317 g/mol. The highest BCUT2D eigenvalue weighted by molar-refractivity contribution is 5.85. The third-order valence-corrected chi connectivity index (χ3v) is 3.47. The summed E-state index contributed by atoms with van der Waals surface area (Å²) in [5, 5.41) is 9.92. The van der Waals surface area contributed by atoms with Crippen molar-refractivity contribution in [2.75, 3.05) is 0 Å². The number of rotatable bonds is 5. The van der Waals surface area contributed by atoms with Gasteiger partial charge in [0.25, 0.3) is 0 Å². The van der Waals surface area contributed by atoms with Crippen molar-refractivity contribution in [2.45, 2.75) is 39.2 Å². The van der Waals surface area contributed by atoms with Crippen LogP contribution in [0.2, 0.25) is 0 Å². The van der Waals surface area contributed by atoms with E-state index in [1.54, 1.807) is 0 Å². The van der Waals surface area contributed by atoms with Gasteiger partial charge in [0.05, 0.1) is 12.2 Å². The fraction of sp³-hybridized carbons (Fsp3) is 0.375. The zero-order valence-electron chi connectivity index (χ0n) is 13.4. The van der Waals surface area contributed by atoms with Gasteiger partial charge in [-0.15, -0.1) is 0 Å². The lowest BCUT2D eigenvalue weighted by molar-refractivity contribution is -0.132. The van der Waals surface area contributed by atoms with Gasteiger partial charge >= 0.3 is 5.97 Å². The molecule has 5 N–H and O–H groups in total. The molecule has 1 saturated carbocycles. The topological polar surface area (TPSA) is 110 Å². The molecule has 2 aromatic rings. The second kappa shape index (κ2) is 7.15. The fourth-order valence-electron chi connectivity index (χ4n) is 2.26. The minimum absolute atomic E-state index is 0.286. The van der Waals surface area contributed by atoms with Crippen LogP contribution in [-0.4, -0.2) is 25.5 Å². The van der Waals surface area contributed by atoms with Gasteiger partial charge in [-0.1, -0.05) is 19.9 Å². The van der Waals surface area contributed by atoms with E-state index in [0.717, 1.165) is 11.3 Å². The van der Waals surface area contributed by atoms with Gasteiger partial charge in [-0.3, -0.25) is 0 Å². The molecule has 2 aromatic heterocycles. The number of hydrazine groups is 1. The van der Waals surface area contributed by atoms with Crippen LogP contribution in [-0.2, 0) is 11.3 Å². The summed E-state index contributed by atoms with van der Waals surface area (Å²) in [5.74, 6) is 5.20. The van der Waals surface area contributed by atoms with E-state index in [-0.39, 0.29) is 12.2 Å². The van der Waals surface area contributed by atoms with Crippen molar-refractivity contribution in [3.8, 4) is 0 Å². The summed E-state index contributed by atoms with van der Waals surface area (Å²) in [6, 6.07) is 4.09. The molecule has 0 amide bonds. The lowest BCUT2D eigenvalue weighted by Crippen LogP contribution is -2.27. The largest absolute Gasteiger partial charge is 0.477 e. The number of nitrogens with two attached hydrogens (primary N) is 2. The summed E-state index contributed by atoms with van der Waals surface area (Å²) in [4.78, 5) is 15.1. The number of carboxylic acid groups (broad SMARTS) is 1. The number of imidazole rings is 1. The molecule has 0 atom stereocenters. The molecule has 0 aliphatic heterocycles. The Hall–Kier alpha value is -2.54. The van der Waals surface area contributed by atoms with Crippen LogP contribution in [0.4, 0.5) is 0 Å². The van der Waals surface area contributed by atoms with Crippen LogP contribution in [0.15, 0.2) is 36.4 Å². The lowest BCUT2D eigenvalue weighted by atomic mass is 10.2. The molecule has 7 nitrogen and oxygen atoms in total. The Morgan fingerprint density at radius 2 is 2.13 bits per heavy atom. The molecule has 0 spiro atoms. The van der Waals surface area contributed by atoms with Crippen molar-refractivity contribution >= 4 is 11.6 Å². The van der Waals surface area contributed by atoms with Crippen LogP contribution in [0.1, 0.15) is 43.9 Å². The molecule has 0 unspecified atom stereocenters. The number of pyridine rings is 1. The van der Waals surface area contributed by atoms with Gasteiger partial charge < -0.3 is 20.2 Å². The van der Waals surface area contributed by atoms with E-state index < -0.39 is 5.97 Å². The molecule has 0 bridgehead atoms. The highest BCUT2D eigenvalue weighted by Crippen LogP contribution is 2.39. The van der Waals surface area contributed by atoms with Gasteiger partial charge in [0.2, 0.25) is 0 Å². The first-order valence-corrected chi connectivity index (χ1v) is 7.72. The second-order valence-corrected chi connectivity index (χ2v) is 5.30. The summed E-state index contributed by atoms with van der Waals surface area (Å²) < 4.78 is 1.97. The Kier molecular flexibility index (Phi) is 5.23. The van der Waals surface area contributed by atoms with E-state index in [9.17, 15) is 4.79 Å². The SMILES string of the molecule is CC.N/C(=C\N(N)Cc1cn2cc(C3CC3)ccc2n1)C(=O)O. The van der Waals surface area contributed by atoms with E-state index in [4.69, 9.17) is 16.7 Å². The van der Waals surface area contributed by atoms with Crippen LogP contribution in [0.25, 0.3) is 5.65 Å². The number of carbonyl (C=O) groups is 1. The molecule has 7 heteroatoms. The first-order chi connectivity index (χ1) is 11.0. The predicted molar refractivity (Wildman–Crippen MR) is 88.2 cm³/mol. The molecule has 0 aromatic carbocycles. The second-order valence-electron chi connectivity index (χ2n) is 5.30. The standard InChI is InChI=1S/C14H17N5O2.C2H6/c15-12(14(20)21)8-19(16)7-11-6-18-5-10(9-1-2-9)3-4-13(18)17-11;1-2/h3-6,8-9H,1-2,7,15-16H2,(H,20,21);1-2H3/b12-8-;. The van der Waals surface area contributed by atoms with E-state index in [2.05, 4.69) is 17.2 Å². The maximum atomic E-state index is 10.6. The summed E-state index contributed by atoms with van der Waals surface area (Å²) in [6.07, 6.45) is 7.67. The highest BCUT2D eigenvalue weighted by atomic mass is 16.4. The number of nitrogens with zero attached hydrogens (tertiary/aromatic N) is 3. The number of hydrogen-bond acceptors (Lipinski definition) is 5. The van der Waals surface area contributed by atoms with Crippen molar-refractivity contribution in [1.82, 2.24) is 14.4 Å². The van der Waals surface area contributed by atoms with E-state index >= 15 is 0 Å². The van der Waals surface area contributed by atoms with Gasteiger partial charge in [-0.2, -0.15) is 0 Å². The first-order valence-electron chi connectivity index (χ1n) is 7.72. The van der Waals surface area contributed by atoms with E-state index in [0.29, 0.717) is 5.92 Å². The Morgan fingerprint density at radius 3 is 2.74 bits per heavy atom. The summed E-state index contributed by atoms with van der Waals surface area (Å²) in [6.45, 7) is 4.29. The van der Waals surface area contributed by atoms with Crippen LogP contribution < -0.4 is 11.6 Å². The maximum absolute atomic E-state index is 10.6. The Bertz CT molecular complexity index is 718. The average Bonchev–Trinajstić information content (AvgIpc) is 3.29. The summed E-state index contributed by atoms with van der Waals surface area (Å²) >= 11 is 0. The molecule has 2 heterocycles. The number of aromatic nitrogens is 2. The minimum atomic E-state index is -1.20. The van der Waals surface area contributed by atoms with Gasteiger partial charge in [-0.05, 0) is 30.4 Å². The maximum Gasteiger partial charge on any atom is 0.353 e. The third kappa shape index (κ3) is 4.23. The number of hydrogen-bond donors (Lipinski definition) is 3. The first kappa shape index (κ1) is 16.8. The van der Waals surface area contributed by atoms with Crippen molar-refractivity contribution in [1.29, 1.82) is 0 Å². The van der Waals surface area contributed by atoms with Gasteiger partial charge in [-0.25, -0.2) is 15.6 Å². The molecule has 0 radical (unpaired) electrons. The van der Waals surface area contributed by atoms with Crippen LogP contribution >= 0.6 is 0 Å². The highest BCUT2D eigenvalue weighted by Gasteiger charge is 2.23. The normalized spacial score (nSPS) is 14.3. The zero-order valence-corrected chi connectivity index (χ0v) is 13.4. The van der Waals surface area contributed by atoms with Gasteiger partial charge in [0.15, 0.2) is 0 Å². The van der Waals surface area contributed by atoms with Crippen LogP contribution in [0.3, 0.4) is 0 Å². The molecule has 23 heavy (non-hydrogen) atoms. The predicted octanol–water partition coefficient (Wildman–Crippen LogP) is 1.80. The van der Waals surface area contributed by atoms with Crippen molar-refractivity contribution in [3.05, 3.63) is 47.7 Å². The van der Waals surface area contributed by atoms with Crippen molar-refractivity contribution < 1.29 is 9.90 Å². The van der Waals surface area contributed by atoms with Gasteiger partial charge in [0.1, 0.15) is 11.3 Å². The van der Waals surface area contributed by atoms with Crippen LogP contribution in [0, 0.1) is 0 Å². The molecule has 1 aliphatic carbocycles. The number of aliphatic carboxylic acids is 1. The number of carboxylic acids is 1. The molecular weight excluding hydrogens is 294 g/mol. The molecule has 124 valence electrons. The Labute approximate surface area is 135 Å². The van der Waals surface area contributed by atoms with E-state index in [1.807, 2.05) is 30.5 Å². The van der Waals surface area contributed by atoms with E-state index in [1.165, 1.54) is 29.6 Å². The summed E-state index contributed by atoms with van der Waals surface area (Å²) in [7, 11) is 0. The van der Waals surface area contributed by atoms with Crippen molar-refractivity contribution in [2.24, 2.45) is 11.6 Å². The fourth-order valence-corrected chi connectivity index (χ4v) is 2.26. The van der Waals surface area contributed by atoms with Gasteiger partial charge in [0, 0.05) is 18.6 Å². The van der Waals surface area contributed by atoms with Crippen molar-refractivity contribution in [3.63, 3.8) is 0 Å². The summed E-state index contributed by atoms with van der Waals surface area (Å²) in [5.41, 5.74) is 7.93. The quantitative estimate of drug-likeness (QED) is 0.440. The Morgan fingerprint density at radius 1 is 1.43 bits per heavy atom. The average molecular weight is 317 g/mol. The molecule has 1 aliphatic rings. The minimum Gasteiger partial charge on any atom is -0.477 e. The lowest BCUT2D eigenvalue weighted by Gasteiger charge is -2.11. The molecule has 3 rings (SSSR count). The molecular formula is C16H23N5O2. The number of fused-ring (bicyclic) bond motifs is 1. The molecule has 1 fully saturated rings. The third-order valence-electron chi connectivity index (χ3n) is 3.47. The smallest absolute Gasteiger partial charge is 0.353 e. The molecule has 0 saturated heterocycles.